The van der Waals surface area contributed by atoms with E-state index in [4.69, 9.17) is 0 Å². The van der Waals surface area contributed by atoms with E-state index in [1.807, 2.05) is 0 Å². The van der Waals surface area contributed by atoms with Crippen LogP contribution in [0.4, 0.5) is 0 Å². The minimum Gasteiger partial charge on any atom is -0.393 e. The van der Waals surface area contributed by atoms with Gasteiger partial charge in [0.1, 0.15) is 0 Å². The SMILES string of the molecule is O[C@@H]1CCCC[C@@H]1CN1CCC(c2ccccc2)CC1. The monoisotopic (exact) mass is 273 g/mol. The lowest BCUT2D eigenvalue weighted by Crippen LogP contribution is -2.40. The van der Waals surface area contributed by atoms with E-state index in [2.05, 4.69) is 35.2 Å². The Morgan fingerprint density at radius 1 is 0.950 bits per heavy atom. The van der Waals surface area contributed by atoms with Crippen LogP contribution >= 0.6 is 0 Å². The summed E-state index contributed by atoms with van der Waals surface area (Å²) < 4.78 is 0. The van der Waals surface area contributed by atoms with Gasteiger partial charge in [0.2, 0.25) is 0 Å². The van der Waals surface area contributed by atoms with Crippen LogP contribution in [0.15, 0.2) is 30.3 Å². The van der Waals surface area contributed by atoms with Crippen LogP contribution in [0.3, 0.4) is 0 Å². The molecule has 2 heteroatoms. The molecule has 3 rings (SSSR count). The molecule has 1 saturated carbocycles. The molecule has 1 aliphatic heterocycles. The Hall–Kier alpha value is -0.860. The Labute approximate surface area is 122 Å². The summed E-state index contributed by atoms with van der Waals surface area (Å²) in [6.07, 6.45) is 7.26. The van der Waals surface area contributed by atoms with Crippen LogP contribution in [0.2, 0.25) is 0 Å². The Morgan fingerprint density at radius 3 is 2.35 bits per heavy atom. The molecule has 1 heterocycles. The third kappa shape index (κ3) is 3.42. The first-order valence-electron chi connectivity index (χ1n) is 8.28. The van der Waals surface area contributed by atoms with Gasteiger partial charge in [-0.2, -0.15) is 0 Å². The normalized spacial score (nSPS) is 29.4. The molecule has 0 amide bonds. The van der Waals surface area contributed by atoms with Crippen molar-refractivity contribution in [2.75, 3.05) is 19.6 Å². The zero-order chi connectivity index (χ0) is 13.8. The number of benzene rings is 1. The minimum atomic E-state index is -0.0457. The summed E-state index contributed by atoms with van der Waals surface area (Å²) in [5.41, 5.74) is 1.50. The van der Waals surface area contributed by atoms with Crippen molar-refractivity contribution in [3.63, 3.8) is 0 Å². The van der Waals surface area contributed by atoms with Gasteiger partial charge in [0, 0.05) is 6.54 Å². The van der Waals surface area contributed by atoms with Crippen LogP contribution in [0.1, 0.15) is 50.0 Å². The number of rotatable bonds is 3. The molecule has 20 heavy (non-hydrogen) atoms. The summed E-state index contributed by atoms with van der Waals surface area (Å²) in [6.45, 7) is 3.51. The molecule has 110 valence electrons. The molecule has 2 aliphatic rings. The summed E-state index contributed by atoms with van der Waals surface area (Å²) in [7, 11) is 0. The van der Waals surface area contributed by atoms with Crippen LogP contribution in [0.5, 0.6) is 0 Å². The summed E-state index contributed by atoms with van der Waals surface area (Å²) in [4.78, 5) is 2.58. The van der Waals surface area contributed by atoms with Crippen molar-refractivity contribution in [1.29, 1.82) is 0 Å². The molecule has 2 fully saturated rings. The van der Waals surface area contributed by atoms with E-state index >= 15 is 0 Å². The van der Waals surface area contributed by atoms with Gasteiger partial charge in [0.15, 0.2) is 0 Å². The third-order valence-electron chi connectivity index (χ3n) is 5.22. The quantitative estimate of drug-likeness (QED) is 0.912. The van der Waals surface area contributed by atoms with Gasteiger partial charge in [-0.15, -0.1) is 0 Å². The number of likely N-dealkylation sites (tertiary alicyclic amines) is 1. The number of nitrogens with zero attached hydrogens (tertiary/aromatic N) is 1. The summed E-state index contributed by atoms with van der Waals surface area (Å²) >= 11 is 0. The molecule has 1 saturated heterocycles. The molecular weight excluding hydrogens is 246 g/mol. The number of hydrogen-bond donors (Lipinski definition) is 1. The lowest BCUT2D eigenvalue weighted by Gasteiger charge is -2.37. The molecule has 2 atom stereocenters. The molecule has 0 radical (unpaired) electrons. The van der Waals surface area contributed by atoms with E-state index in [9.17, 15) is 5.11 Å². The van der Waals surface area contributed by atoms with Gasteiger partial charge in [0.25, 0.3) is 0 Å². The predicted molar refractivity (Wildman–Crippen MR) is 82.8 cm³/mol. The van der Waals surface area contributed by atoms with E-state index in [-0.39, 0.29) is 6.10 Å². The lowest BCUT2D eigenvalue weighted by molar-refractivity contribution is 0.0410. The summed E-state index contributed by atoms with van der Waals surface area (Å²) in [5, 5.41) is 10.1. The Balaban J connectivity index is 1.49. The standard InChI is InChI=1S/C18H27NO/c20-18-9-5-4-8-17(18)14-19-12-10-16(11-13-19)15-6-2-1-3-7-15/h1-3,6-7,16-18,20H,4-5,8-14H2/t17-,18-/m1/s1. The van der Waals surface area contributed by atoms with Crippen molar-refractivity contribution in [2.24, 2.45) is 5.92 Å². The third-order valence-corrected chi connectivity index (χ3v) is 5.22. The van der Waals surface area contributed by atoms with Gasteiger partial charge >= 0.3 is 0 Å². The first-order chi connectivity index (χ1) is 9.83. The van der Waals surface area contributed by atoms with E-state index in [1.165, 1.54) is 50.8 Å². The zero-order valence-electron chi connectivity index (χ0n) is 12.4. The molecule has 0 spiro atoms. The highest BCUT2D eigenvalue weighted by Gasteiger charge is 2.27. The summed E-state index contributed by atoms with van der Waals surface area (Å²) in [5.74, 6) is 1.26. The smallest absolute Gasteiger partial charge is 0.0580 e. The predicted octanol–water partition coefficient (Wildman–Crippen LogP) is 3.42. The molecule has 1 aromatic carbocycles. The summed E-state index contributed by atoms with van der Waals surface area (Å²) in [6, 6.07) is 10.9. The van der Waals surface area contributed by atoms with Crippen LogP contribution in [-0.4, -0.2) is 35.7 Å². The van der Waals surface area contributed by atoms with E-state index in [0.29, 0.717) is 5.92 Å². The molecule has 1 N–H and O–H groups in total. The van der Waals surface area contributed by atoms with Gasteiger partial charge in [-0.1, -0.05) is 43.2 Å². The van der Waals surface area contributed by atoms with Crippen molar-refractivity contribution < 1.29 is 5.11 Å². The van der Waals surface area contributed by atoms with Crippen LogP contribution in [0.25, 0.3) is 0 Å². The maximum absolute atomic E-state index is 10.1. The molecule has 2 nitrogen and oxygen atoms in total. The average molecular weight is 273 g/mol. The van der Waals surface area contributed by atoms with Crippen molar-refractivity contribution in [1.82, 2.24) is 4.90 Å². The molecule has 1 aromatic rings. The fraction of sp³-hybridized carbons (Fsp3) is 0.667. The molecular formula is C18H27NO. The highest BCUT2D eigenvalue weighted by Crippen LogP contribution is 2.30. The van der Waals surface area contributed by atoms with E-state index < -0.39 is 0 Å². The second-order valence-electron chi connectivity index (χ2n) is 6.60. The van der Waals surface area contributed by atoms with Gasteiger partial charge < -0.3 is 10.0 Å². The fourth-order valence-electron chi connectivity index (χ4n) is 3.91. The zero-order valence-corrected chi connectivity index (χ0v) is 12.4. The van der Waals surface area contributed by atoms with Crippen molar-refractivity contribution in [2.45, 2.75) is 50.5 Å². The van der Waals surface area contributed by atoms with Crippen molar-refractivity contribution in [3.05, 3.63) is 35.9 Å². The molecule has 0 aromatic heterocycles. The first-order valence-corrected chi connectivity index (χ1v) is 8.28. The number of aliphatic hydroxyl groups excluding tert-OH is 1. The highest BCUT2D eigenvalue weighted by atomic mass is 16.3. The Kier molecular flexibility index (Phi) is 4.74. The second kappa shape index (κ2) is 6.73. The Bertz CT molecular complexity index is 397. The average Bonchev–Trinajstić information content (AvgIpc) is 2.51. The van der Waals surface area contributed by atoms with Crippen LogP contribution in [-0.2, 0) is 0 Å². The van der Waals surface area contributed by atoms with Gasteiger partial charge in [0.05, 0.1) is 6.10 Å². The van der Waals surface area contributed by atoms with E-state index in [0.717, 1.165) is 18.9 Å². The van der Waals surface area contributed by atoms with Crippen molar-refractivity contribution in [3.8, 4) is 0 Å². The largest absolute Gasteiger partial charge is 0.393 e. The van der Waals surface area contributed by atoms with E-state index in [1.54, 1.807) is 0 Å². The molecule has 0 bridgehead atoms. The van der Waals surface area contributed by atoms with Gasteiger partial charge in [-0.05, 0) is 56.2 Å². The Morgan fingerprint density at radius 2 is 1.65 bits per heavy atom. The first kappa shape index (κ1) is 14.1. The maximum Gasteiger partial charge on any atom is 0.0580 e. The topological polar surface area (TPSA) is 23.5 Å². The molecule has 1 aliphatic carbocycles. The highest BCUT2D eigenvalue weighted by molar-refractivity contribution is 5.20. The number of hydrogen-bond acceptors (Lipinski definition) is 2. The van der Waals surface area contributed by atoms with Gasteiger partial charge in [-0.3, -0.25) is 0 Å². The fourth-order valence-corrected chi connectivity index (χ4v) is 3.91. The molecule has 0 unspecified atom stereocenters. The maximum atomic E-state index is 10.1. The number of piperidine rings is 1. The number of aliphatic hydroxyl groups is 1. The lowest BCUT2D eigenvalue weighted by atomic mass is 9.84. The van der Waals surface area contributed by atoms with Crippen molar-refractivity contribution >= 4 is 0 Å². The van der Waals surface area contributed by atoms with Gasteiger partial charge in [-0.25, -0.2) is 0 Å². The van der Waals surface area contributed by atoms with Crippen LogP contribution in [0, 0.1) is 5.92 Å². The second-order valence-corrected chi connectivity index (χ2v) is 6.60. The van der Waals surface area contributed by atoms with Crippen LogP contribution < -0.4 is 0 Å². The minimum absolute atomic E-state index is 0.0457.